The zero-order valence-electron chi connectivity index (χ0n) is 70.5. The molecule has 1 saturated carbocycles. The van der Waals surface area contributed by atoms with Crippen LogP contribution in [0.1, 0.15) is 54.4 Å². The highest BCUT2D eigenvalue weighted by Gasteiger charge is 2.62. The van der Waals surface area contributed by atoms with Crippen LogP contribution in [0.25, 0.3) is 0 Å². The highest BCUT2D eigenvalue weighted by Crippen LogP contribution is 2.41. The van der Waals surface area contributed by atoms with Gasteiger partial charge >= 0.3 is 5.97 Å². The van der Waals surface area contributed by atoms with Gasteiger partial charge in [0, 0.05) is 66.8 Å². The second kappa shape index (κ2) is 45.8. The molecule has 50 atom stereocenters. The third kappa shape index (κ3) is 23.2. The molecule has 9 saturated heterocycles. The Kier molecular flexibility index (Phi) is 37.4. The molecule has 10 fully saturated rings. The van der Waals surface area contributed by atoms with Gasteiger partial charge in [-0.25, -0.2) is 4.79 Å². The van der Waals surface area contributed by atoms with Crippen molar-refractivity contribution in [2.45, 2.75) is 343 Å². The number of nitrogens with one attached hydrogen (secondary N) is 6. The van der Waals surface area contributed by atoms with Gasteiger partial charge in [-0.2, -0.15) is 0 Å². The summed E-state index contributed by atoms with van der Waals surface area (Å²) < 4.78 is 106. The third-order valence-corrected chi connectivity index (χ3v) is 24.4. The number of aliphatic hydroxyl groups excluding tert-OH is 22. The molecule has 0 aromatic heterocycles. The van der Waals surface area contributed by atoms with E-state index in [1.54, 1.807) is 0 Å². The van der Waals surface area contributed by atoms with Crippen LogP contribution in [-0.4, -0.2) is 507 Å². The molecule has 10 rings (SSSR count). The van der Waals surface area contributed by atoms with Crippen molar-refractivity contribution in [1.29, 1.82) is 0 Å². The third-order valence-electron chi connectivity index (χ3n) is 24.4. The lowest BCUT2D eigenvalue weighted by molar-refractivity contribution is -0.372. The number of aliphatic carboxylic acids is 1. The zero-order valence-corrected chi connectivity index (χ0v) is 70.5. The fourth-order valence-electron chi connectivity index (χ4n) is 17.3. The molecule has 129 heavy (non-hydrogen) atoms. The fraction of sp³-hybridized carbons (Fsp3) is 0.892. The summed E-state index contributed by atoms with van der Waals surface area (Å²) in [6, 6.07) is -6.99. The van der Waals surface area contributed by atoms with Crippen molar-refractivity contribution in [3.8, 4) is 0 Å². The summed E-state index contributed by atoms with van der Waals surface area (Å²) in [5, 5.41) is 275. The monoisotopic (exact) mass is 1880 g/mol. The van der Waals surface area contributed by atoms with Crippen LogP contribution in [0.4, 0.5) is 0 Å². The summed E-state index contributed by atoms with van der Waals surface area (Å²) in [6.45, 7) is 0.533. The first kappa shape index (κ1) is 105. The van der Waals surface area contributed by atoms with Crippen LogP contribution in [0, 0.1) is 17.8 Å². The Hall–Kier alpha value is -5.64. The summed E-state index contributed by atoms with van der Waals surface area (Å²) in [4.78, 5) is 106. The second-order valence-electron chi connectivity index (χ2n) is 33.0. The van der Waals surface area contributed by atoms with Gasteiger partial charge in [0.2, 0.25) is 23.6 Å². The minimum atomic E-state index is -2.56. The van der Waals surface area contributed by atoms with Gasteiger partial charge in [0.15, 0.2) is 74.9 Å². The summed E-state index contributed by atoms with van der Waals surface area (Å²) >= 11 is 0. The molecular weight excluding hydrogens is 1760 g/mol. The molecule has 9 heterocycles. The quantitative estimate of drug-likeness (QED) is 0.0271. The van der Waals surface area contributed by atoms with Crippen molar-refractivity contribution >= 4 is 47.7 Å². The second-order valence-corrected chi connectivity index (χ2v) is 33.0. The number of hydrogen-bond donors (Lipinski definition) is 29. The Bertz CT molecular complexity index is 3660. The normalized spacial score (nSPS) is 47.5. The van der Waals surface area contributed by atoms with Crippen molar-refractivity contribution in [3.05, 3.63) is 0 Å². The van der Waals surface area contributed by atoms with Gasteiger partial charge in [-0.15, -0.1) is 0 Å². The molecule has 55 heteroatoms. The summed E-state index contributed by atoms with van der Waals surface area (Å²) in [5.74, 6) is -11.2. The van der Waals surface area contributed by atoms with Crippen LogP contribution in [-0.2, 0) is 124 Å². The zero-order chi connectivity index (χ0) is 95.2. The standard InChI is InChI=1S/C74H120N6O49/c1-9-24-37(91)49(103)72(121-54(24)65(110)111)124-58-35(80-22(6)89)69(120-31(17-85)44(58)98)126-60-48(102)53(107)74(123-57-33(78-20(4)87)67(113-8)118-29(15-83)43(57)97)128-62(60)64(109)76-12-27-40(94)46(100)51(105)71(116-27)129-70-50(104)45(99)39(93)26(115-70)11-75-63(108)61-59(47(101)52(106)73(127-61)122-56-32(77-19(3)86)66(112-7)117-28(14-82)42(56)96)125-68-34(79-21(5)88)55(41(95)30(16-84)119-68)114-25-10-23(13-81)18(2)36(90)38(25)92/h13,18,23-62,66-74,82-85,90-107H,9-12,14-17H2,1-8H3,(H,75,108)(H,76,109)(H,77,86)(H,78,87)(H,79,88)(H,80,89)(H,110,111)/t18-,23?,24+,25-,26?,27?,28?,29?,30?,31?,32?,33?,34?,35?,36+,37+,38?,39-,40-,41-,42-,43-,44-,45+,46+,47-,48-,49?,50?,51?,52?,53?,54?,55-,56-,57-,58-,59+,60+,61?,62?,66-,67-,68+,69+,70-,71-,72+,73-,74-/m1/s1. The van der Waals surface area contributed by atoms with E-state index in [4.69, 9.17) is 85.3 Å². The van der Waals surface area contributed by atoms with Crippen molar-refractivity contribution in [2.75, 3.05) is 53.7 Å². The van der Waals surface area contributed by atoms with E-state index in [9.17, 15) is 146 Å². The number of carboxylic acids is 1. The van der Waals surface area contributed by atoms with Gasteiger partial charge in [-0.05, 0) is 18.8 Å². The van der Waals surface area contributed by atoms with Crippen molar-refractivity contribution in [1.82, 2.24) is 31.9 Å². The predicted molar refractivity (Wildman–Crippen MR) is 404 cm³/mol. The SMILES string of the molecule is CC[C@@H]1C(C(=O)O)O[C@@H](O[C@@H]2C(NC(C)=O)[C@H](O[C@@H]3C(C(=O)NCC4O[C@H](O[C@H]5OC(CNC(=O)C6O[C@@H](O[C@@H]7C(NC(C)=O)[C@H](OC)OC(CO)[C@H]7O)C(O)[C@@H](O)[C@@H]6O[C@@H]6OC(CO)[C@@H](O)[C@H](O[C@@H]7CC(C=O)[C@@H](C)[C@H](O)C7O)C6NC(C)=O)[C@@H](O)[C@H](O)C5O)C(O)[C@@H](O)[C@@H]4O)O[C@@H](O[C@@H]4C(NC(C)=O)[C@H](OC)OC(CO)[C@H]4O)C(O)[C@H]3O)OC(CO)[C@H]2O)C(O)[C@H]1O. The highest BCUT2D eigenvalue weighted by molar-refractivity contribution is 5.82. The molecule has 9 aliphatic heterocycles. The van der Waals surface area contributed by atoms with Gasteiger partial charge in [-0.3, -0.25) is 28.8 Å². The summed E-state index contributed by atoms with van der Waals surface area (Å²) in [5.41, 5.74) is 0. The Morgan fingerprint density at radius 3 is 0.946 bits per heavy atom. The maximum Gasteiger partial charge on any atom is 0.333 e. The van der Waals surface area contributed by atoms with E-state index in [2.05, 4.69) is 31.9 Å². The Morgan fingerprint density at radius 1 is 0.333 bits per heavy atom. The molecule has 55 nitrogen and oxygen atoms in total. The number of methoxy groups -OCH3 is 2. The van der Waals surface area contributed by atoms with E-state index in [0.29, 0.717) is 6.29 Å². The number of amides is 6. The molecule has 740 valence electrons. The number of carbonyl (C=O) groups is 8. The molecule has 10 aliphatic rings. The van der Waals surface area contributed by atoms with Crippen molar-refractivity contribution < 1.29 is 241 Å². The summed E-state index contributed by atoms with van der Waals surface area (Å²) in [7, 11) is 2.18. The number of hydrogen-bond acceptors (Lipinski definition) is 48. The lowest BCUT2D eigenvalue weighted by Crippen LogP contribution is -2.71. The van der Waals surface area contributed by atoms with E-state index >= 15 is 9.59 Å². The lowest BCUT2D eigenvalue weighted by Gasteiger charge is -2.50. The molecule has 6 amide bonds. The lowest BCUT2D eigenvalue weighted by atomic mass is 9.76. The van der Waals surface area contributed by atoms with Crippen molar-refractivity contribution in [2.24, 2.45) is 17.8 Å². The predicted octanol–water partition coefficient (Wildman–Crippen LogP) is -18.8. The fourth-order valence-corrected chi connectivity index (χ4v) is 17.3. The molecular formula is C74H120N6O49. The van der Waals surface area contributed by atoms with E-state index in [1.165, 1.54) is 13.8 Å². The average Bonchev–Trinajstić information content (AvgIpc) is 0.781. The number of carbonyl (C=O) groups excluding carboxylic acids is 7. The summed E-state index contributed by atoms with van der Waals surface area (Å²) in [6.07, 6.45) is -90.6. The van der Waals surface area contributed by atoms with E-state index in [-0.39, 0.29) is 12.8 Å². The average molecular weight is 1880 g/mol. The molecule has 0 bridgehead atoms. The van der Waals surface area contributed by atoms with Crippen molar-refractivity contribution in [3.63, 3.8) is 0 Å². The van der Waals surface area contributed by atoms with E-state index in [1.807, 2.05) is 0 Å². The number of aldehydes is 1. The molecule has 20 unspecified atom stereocenters. The van der Waals surface area contributed by atoms with Gasteiger partial charge in [0.1, 0.15) is 201 Å². The van der Waals surface area contributed by atoms with Crippen LogP contribution >= 0.6 is 0 Å². The molecule has 1 aliphatic carbocycles. The van der Waals surface area contributed by atoms with Crippen LogP contribution in [0.3, 0.4) is 0 Å². The minimum absolute atomic E-state index is 0.0673. The van der Waals surface area contributed by atoms with Crippen LogP contribution < -0.4 is 31.9 Å². The van der Waals surface area contributed by atoms with Crippen LogP contribution in [0.5, 0.6) is 0 Å². The number of aliphatic hydroxyl groups is 22. The maximum absolute atomic E-state index is 15.1. The highest BCUT2D eigenvalue weighted by atomic mass is 16.8. The first-order valence-electron chi connectivity index (χ1n) is 41.5. The molecule has 0 aromatic carbocycles. The maximum atomic E-state index is 15.1. The van der Waals surface area contributed by atoms with Gasteiger partial charge in [-0.1, -0.05) is 13.8 Å². The van der Waals surface area contributed by atoms with Gasteiger partial charge < -0.3 is 239 Å². The molecule has 0 spiro atoms. The molecule has 0 radical (unpaired) electrons. The largest absolute Gasteiger partial charge is 0.479 e. The van der Waals surface area contributed by atoms with Gasteiger partial charge in [0.25, 0.3) is 11.8 Å². The molecule has 29 N–H and O–H groups in total. The Balaban J connectivity index is 0.913. The number of rotatable bonds is 33. The topological polar surface area (TPSA) is 840 Å². The molecule has 0 aromatic rings. The first-order valence-corrected chi connectivity index (χ1v) is 41.5. The Labute approximate surface area is 732 Å². The van der Waals surface area contributed by atoms with E-state index in [0.717, 1.165) is 41.9 Å². The van der Waals surface area contributed by atoms with Crippen LogP contribution in [0.15, 0.2) is 0 Å². The van der Waals surface area contributed by atoms with E-state index < -0.39 is 387 Å². The minimum Gasteiger partial charge on any atom is -0.479 e. The number of ether oxygens (including phenoxy) is 18. The smallest absolute Gasteiger partial charge is 0.333 e. The number of carboxylic acid groups (broad SMARTS) is 1. The Morgan fingerprint density at radius 2 is 0.628 bits per heavy atom. The van der Waals surface area contributed by atoms with Crippen LogP contribution in [0.2, 0.25) is 0 Å². The first-order chi connectivity index (χ1) is 60.9. The van der Waals surface area contributed by atoms with Gasteiger partial charge in [0.05, 0.1) is 44.7 Å².